The maximum Gasteiger partial charge on any atom is 0.237 e. The zero-order valence-electron chi connectivity index (χ0n) is 15.4. The van der Waals surface area contributed by atoms with Gasteiger partial charge in [0.1, 0.15) is 0 Å². The lowest BCUT2D eigenvalue weighted by atomic mass is 9.94. The molecule has 3 fully saturated rings. The average molecular weight is 406 g/mol. The molecule has 1 amide bonds. The quantitative estimate of drug-likeness (QED) is 0.610. The molecule has 0 aromatic heterocycles. The highest BCUT2D eigenvalue weighted by Crippen LogP contribution is 2.27. The van der Waals surface area contributed by atoms with Crippen LogP contribution in [0.5, 0.6) is 0 Å². The molecule has 150 valence electrons. The van der Waals surface area contributed by atoms with Gasteiger partial charge in [0.2, 0.25) is 15.9 Å². The van der Waals surface area contributed by atoms with Crippen LogP contribution in [0.4, 0.5) is 0 Å². The molecule has 26 heavy (non-hydrogen) atoms. The number of sulfonamides is 1. The van der Waals surface area contributed by atoms with Crippen molar-refractivity contribution < 1.29 is 13.2 Å². The van der Waals surface area contributed by atoms with Crippen molar-refractivity contribution in [3.63, 3.8) is 0 Å². The number of carbonyl (C=O) groups excluding carboxylic acids is 1. The van der Waals surface area contributed by atoms with Crippen LogP contribution < -0.4 is 15.4 Å². The third-order valence-electron chi connectivity index (χ3n) is 6.03. The summed E-state index contributed by atoms with van der Waals surface area (Å²) in [5, 5.41) is 6.11. The minimum atomic E-state index is -3.31. The van der Waals surface area contributed by atoms with Crippen LogP contribution in [0, 0.1) is 0 Å². The highest BCUT2D eigenvalue weighted by atomic mass is 35.5. The van der Waals surface area contributed by atoms with Gasteiger partial charge in [-0.05, 0) is 64.3 Å². The molecule has 0 aromatic carbocycles. The fourth-order valence-electron chi connectivity index (χ4n) is 4.46. The number of amides is 1. The van der Waals surface area contributed by atoms with E-state index in [0.717, 1.165) is 64.3 Å². The maximum atomic E-state index is 12.7. The third kappa shape index (κ3) is 5.57. The Hall–Kier alpha value is -0.370. The van der Waals surface area contributed by atoms with Crippen molar-refractivity contribution in [1.82, 2.24) is 15.4 Å². The van der Waals surface area contributed by atoms with Crippen molar-refractivity contribution in [2.75, 3.05) is 6.54 Å². The van der Waals surface area contributed by atoms with Crippen LogP contribution >= 0.6 is 11.6 Å². The SMILES string of the molecule is O=C(NC1CCC(S(=O)(=O)NC2CCCC(Cl)C2)CC1)C1CCCCN1. The van der Waals surface area contributed by atoms with Gasteiger partial charge in [-0.3, -0.25) is 4.79 Å². The Morgan fingerprint density at radius 1 is 0.923 bits per heavy atom. The lowest BCUT2D eigenvalue weighted by molar-refractivity contribution is -0.124. The molecule has 3 N–H and O–H groups in total. The Labute approximate surface area is 162 Å². The molecule has 0 spiro atoms. The molecule has 1 heterocycles. The Balaban J connectivity index is 1.44. The molecule has 3 aliphatic rings. The second-order valence-corrected chi connectivity index (χ2v) is 10.7. The molecule has 8 heteroatoms. The molecule has 2 aliphatic carbocycles. The van der Waals surface area contributed by atoms with Crippen molar-refractivity contribution >= 4 is 27.5 Å². The van der Waals surface area contributed by atoms with E-state index in [2.05, 4.69) is 15.4 Å². The van der Waals surface area contributed by atoms with E-state index in [1.54, 1.807) is 0 Å². The summed E-state index contributed by atoms with van der Waals surface area (Å²) in [6, 6.07) is -0.00713. The molecule has 3 rings (SSSR count). The first kappa shape index (κ1) is 20.4. The standard InChI is InChI=1S/C18H32ClN3O3S/c19-13-4-3-5-15(12-13)22-26(24,25)16-9-7-14(8-10-16)21-18(23)17-6-1-2-11-20-17/h13-17,20,22H,1-12H2,(H,21,23). The number of alkyl halides is 1. The molecule has 0 radical (unpaired) electrons. The number of piperidine rings is 1. The van der Waals surface area contributed by atoms with Crippen molar-refractivity contribution in [2.24, 2.45) is 0 Å². The van der Waals surface area contributed by atoms with Crippen LogP contribution in [0.3, 0.4) is 0 Å². The summed E-state index contributed by atoms with van der Waals surface area (Å²) in [6.07, 6.45) is 9.34. The van der Waals surface area contributed by atoms with E-state index in [-0.39, 0.29) is 34.7 Å². The first-order valence-electron chi connectivity index (χ1n) is 10.1. The van der Waals surface area contributed by atoms with E-state index < -0.39 is 10.0 Å². The predicted molar refractivity (Wildman–Crippen MR) is 104 cm³/mol. The molecule has 3 atom stereocenters. The van der Waals surface area contributed by atoms with Gasteiger partial charge < -0.3 is 10.6 Å². The summed E-state index contributed by atoms with van der Waals surface area (Å²) in [4.78, 5) is 12.3. The number of hydrogen-bond donors (Lipinski definition) is 3. The van der Waals surface area contributed by atoms with Crippen LogP contribution in [0.15, 0.2) is 0 Å². The van der Waals surface area contributed by atoms with Crippen molar-refractivity contribution in [3.05, 3.63) is 0 Å². The van der Waals surface area contributed by atoms with Crippen molar-refractivity contribution in [3.8, 4) is 0 Å². The monoisotopic (exact) mass is 405 g/mol. The summed E-state index contributed by atoms with van der Waals surface area (Å²) >= 11 is 6.18. The van der Waals surface area contributed by atoms with Crippen LogP contribution in [0.25, 0.3) is 0 Å². The fraction of sp³-hybridized carbons (Fsp3) is 0.944. The van der Waals surface area contributed by atoms with E-state index in [0.29, 0.717) is 12.8 Å². The normalized spacial score (nSPS) is 36.4. The van der Waals surface area contributed by atoms with Crippen LogP contribution in [0.2, 0.25) is 0 Å². The van der Waals surface area contributed by atoms with Crippen LogP contribution in [-0.2, 0) is 14.8 Å². The first-order chi connectivity index (χ1) is 12.4. The van der Waals surface area contributed by atoms with Gasteiger partial charge >= 0.3 is 0 Å². The molecule has 6 nitrogen and oxygen atoms in total. The first-order valence-corrected chi connectivity index (χ1v) is 12.1. The highest BCUT2D eigenvalue weighted by molar-refractivity contribution is 7.90. The number of rotatable bonds is 5. The summed E-state index contributed by atoms with van der Waals surface area (Å²) < 4.78 is 28.3. The summed E-state index contributed by atoms with van der Waals surface area (Å²) in [5.41, 5.74) is 0. The largest absolute Gasteiger partial charge is 0.352 e. The molecular weight excluding hydrogens is 374 g/mol. The fourth-order valence-corrected chi connectivity index (χ4v) is 6.59. The molecule has 3 unspecified atom stereocenters. The number of hydrogen-bond acceptors (Lipinski definition) is 4. The summed E-state index contributed by atoms with van der Waals surface area (Å²) in [7, 11) is -3.31. The van der Waals surface area contributed by atoms with Gasteiger partial charge in [0.15, 0.2) is 0 Å². The number of carbonyl (C=O) groups is 1. The zero-order valence-corrected chi connectivity index (χ0v) is 17.0. The average Bonchev–Trinajstić information content (AvgIpc) is 2.62. The zero-order chi connectivity index (χ0) is 18.6. The van der Waals surface area contributed by atoms with Crippen LogP contribution in [0.1, 0.15) is 70.6 Å². The molecule has 0 aromatic rings. The van der Waals surface area contributed by atoms with Gasteiger partial charge in [-0.25, -0.2) is 13.1 Å². The third-order valence-corrected chi connectivity index (χ3v) is 8.43. The van der Waals surface area contributed by atoms with E-state index in [9.17, 15) is 13.2 Å². The van der Waals surface area contributed by atoms with E-state index in [1.807, 2.05) is 0 Å². The van der Waals surface area contributed by atoms with E-state index >= 15 is 0 Å². The van der Waals surface area contributed by atoms with Crippen molar-refractivity contribution in [1.29, 1.82) is 0 Å². The molecule has 1 saturated heterocycles. The predicted octanol–water partition coefficient (Wildman–Crippen LogP) is 2.03. The Morgan fingerprint density at radius 3 is 2.35 bits per heavy atom. The summed E-state index contributed by atoms with van der Waals surface area (Å²) in [5.74, 6) is 0.0736. The van der Waals surface area contributed by atoms with Gasteiger partial charge in [-0.15, -0.1) is 11.6 Å². The van der Waals surface area contributed by atoms with E-state index in [1.165, 1.54) is 0 Å². The second kappa shape index (κ2) is 9.22. The number of halogens is 1. The number of nitrogens with one attached hydrogen (secondary N) is 3. The second-order valence-electron chi connectivity index (χ2n) is 8.11. The van der Waals surface area contributed by atoms with Crippen LogP contribution in [-0.4, -0.2) is 49.6 Å². The maximum absolute atomic E-state index is 12.7. The lowest BCUT2D eigenvalue weighted by Gasteiger charge is -2.33. The Morgan fingerprint density at radius 2 is 1.69 bits per heavy atom. The smallest absolute Gasteiger partial charge is 0.237 e. The lowest BCUT2D eigenvalue weighted by Crippen LogP contribution is -2.51. The highest BCUT2D eigenvalue weighted by Gasteiger charge is 2.34. The minimum Gasteiger partial charge on any atom is -0.352 e. The van der Waals surface area contributed by atoms with E-state index in [4.69, 9.17) is 11.6 Å². The van der Waals surface area contributed by atoms with Gasteiger partial charge in [0, 0.05) is 17.5 Å². The topological polar surface area (TPSA) is 87.3 Å². The molecule has 2 saturated carbocycles. The van der Waals surface area contributed by atoms with Crippen molar-refractivity contribution in [2.45, 2.75) is 99.4 Å². The van der Waals surface area contributed by atoms with Gasteiger partial charge in [-0.1, -0.05) is 12.8 Å². The molecular formula is C18H32ClN3O3S. The van der Waals surface area contributed by atoms with Gasteiger partial charge in [-0.2, -0.15) is 0 Å². The molecule has 1 aliphatic heterocycles. The Bertz CT molecular complexity index is 572. The Kier molecular flexibility index (Phi) is 7.22. The van der Waals surface area contributed by atoms with Gasteiger partial charge in [0.25, 0.3) is 0 Å². The minimum absolute atomic E-state index is 0.0222. The summed E-state index contributed by atoms with van der Waals surface area (Å²) in [6.45, 7) is 0.902. The van der Waals surface area contributed by atoms with Gasteiger partial charge in [0.05, 0.1) is 11.3 Å². The molecule has 0 bridgehead atoms.